The number of aryl methyl sites for hydroxylation is 1. The first-order chi connectivity index (χ1) is 8.15. The Morgan fingerprint density at radius 3 is 2.24 bits per heavy atom. The number of benzene rings is 1. The van der Waals surface area contributed by atoms with E-state index in [0.29, 0.717) is 17.1 Å². The van der Waals surface area contributed by atoms with Gasteiger partial charge in [-0.05, 0) is 50.2 Å². The Morgan fingerprint density at radius 1 is 1.06 bits per heavy atom. The lowest BCUT2D eigenvalue weighted by Crippen LogP contribution is -1.91. The van der Waals surface area contributed by atoms with Crippen LogP contribution in [0.2, 0.25) is 0 Å². The van der Waals surface area contributed by atoms with Crippen LogP contribution in [0.3, 0.4) is 0 Å². The maximum absolute atomic E-state index is 11.1. The highest BCUT2D eigenvalue weighted by Gasteiger charge is 2.00. The van der Waals surface area contributed by atoms with Gasteiger partial charge in [0.25, 0.3) is 0 Å². The van der Waals surface area contributed by atoms with E-state index in [0.717, 1.165) is 5.69 Å². The number of Topliss-reactive ketones (excluding diaryl/α,β-unsaturated/α-hetero) is 1. The van der Waals surface area contributed by atoms with Crippen LogP contribution < -0.4 is 4.74 Å². The van der Waals surface area contributed by atoms with Gasteiger partial charge in [-0.1, -0.05) is 0 Å². The van der Waals surface area contributed by atoms with Crippen molar-refractivity contribution in [3.8, 4) is 11.5 Å². The second-order valence-corrected chi connectivity index (χ2v) is 3.82. The monoisotopic (exact) mass is 227 g/mol. The molecular weight excluding hydrogens is 214 g/mol. The third kappa shape index (κ3) is 2.91. The zero-order chi connectivity index (χ0) is 12.3. The molecule has 0 aliphatic carbocycles. The Hall–Kier alpha value is -2.16. The molecule has 3 nitrogen and oxygen atoms in total. The number of hydrogen-bond acceptors (Lipinski definition) is 3. The third-order valence-corrected chi connectivity index (χ3v) is 2.38. The standard InChI is InChI=1S/C14H13NO2/c1-10-3-6-14(9-15-10)17-13-7-4-12(5-8-13)11(2)16/h3-9H,1-2H3. The van der Waals surface area contributed by atoms with E-state index in [-0.39, 0.29) is 5.78 Å². The van der Waals surface area contributed by atoms with Crippen molar-refractivity contribution in [1.29, 1.82) is 0 Å². The molecule has 1 aromatic carbocycles. The predicted octanol–water partition coefficient (Wildman–Crippen LogP) is 3.38. The van der Waals surface area contributed by atoms with Crippen molar-refractivity contribution >= 4 is 5.78 Å². The number of hydrogen-bond donors (Lipinski definition) is 0. The molecule has 0 unspecified atom stereocenters. The van der Waals surface area contributed by atoms with E-state index < -0.39 is 0 Å². The normalized spacial score (nSPS) is 10.0. The van der Waals surface area contributed by atoms with Gasteiger partial charge in [-0.2, -0.15) is 0 Å². The summed E-state index contributed by atoms with van der Waals surface area (Å²) in [5.74, 6) is 1.43. The summed E-state index contributed by atoms with van der Waals surface area (Å²) in [5, 5.41) is 0. The number of aromatic nitrogens is 1. The third-order valence-electron chi connectivity index (χ3n) is 2.38. The van der Waals surface area contributed by atoms with Crippen molar-refractivity contribution in [3.63, 3.8) is 0 Å². The van der Waals surface area contributed by atoms with Crippen LogP contribution in [0.4, 0.5) is 0 Å². The molecule has 0 bridgehead atoms. The van der Waals surface area contributed by atoms with Crippen molar-refractivity contribution in [3.05, 3.63) is 53.9 Å². The van der Waals surface area contributed by atoms with Crippen molar-refractivity contribution in [1.82, 2.24) is 4.98 Å². The molecule has 0 amide bonds. The van der Waals surface area contributed by atoms with Gasteiger partial charge in [0.1, 0.15) is 11.5 Å². The topological polar surface area (TPSA) is 39.2 Å². The van der Waals surface area contributed by atoms with E-state index in [4.69, 9.17) is 4.74 Å². The molecule has 2 aromatic rings. The van der Waals surface area contributed by atoms with Crippen molar-refractivity contribution in [2.24, 2.45) is 0 Å². The highest BCUT2D eigenvalue weighted by Crippen LogP contribution is 2.20. The van der Waals surface area contributed by atoms with Gasteiger partial charge in [0, 0.05) is 11.3 Å². The number of pyridine rings is 1. The molecule has 0 aliphatic rings. The molecule has 0 N–H and O–H groups in total. The second-order valence-electron chi connectivity index (χ2n) is 3.82. The summed E-state index contributed by atoms with van der Waals surface area (Å²) in [6.07, 6.45) is 1.67. The Bertz CT molecular complexity index is 515. The Balaban J connectivity index is 2.13. The maximum Gasteiger partial charge on any atom is 0.159 e. The fourth-order valence-corrected chi connectivity index (χ4v) is 1.41. The minimum absolute atomic E-state index is 0.0496. The zero-order valence-corrected chi connectivity index (χ0v) is 9.81. The average Bonchev–Trinajstić information content (AvgIpc) is 2.33. The molecule has 1 aromatic heterocycles. The SMILES string of the molecule is CC(=O)c1ccc(Oc2ccc(C)nc2)cc1. The van der Waals surface area contributed by atoms with E-state index in [1.807, 2.05) is 19.1 Å². The Labute approximate surface area is 100 Å². The summed E-state index contributed by atoms with van der Waals surface area (Å²) in [6.45, 7) is 3.46. The summed E-state index contributed by atoms with van der Waals surface area (Å²) in [7, 11) is 0. The molecule has 3 heteroatoms. The number of carbonyl (C=O) groups is 1. The molecule has 0 saturated carbocycles. The van der Waals surface area contributed by atoms with Gasteiger partial charge in [0.05, 0.1) is 6.20 Å². The van der Waals surface area contributed by atoms with E-state index in [2.05, 4.69) is 4.98 Å². The minimum Gasteiger partial charge on any atom is -0.456 e. The van der Waals surface area contributed by atoms with Crippen LogP contribution in [0, 0.1) is 6.92 Å². The predicted molar refractivity (Wildman–Crippen MR) is 65.5 cm³/mol. The first kappa shape index (κ1) is 11.3. The molecule has 2 rings (SSSR count). The quantitative estimate of drug-likeness (QED) is 0.754. The molecule has 0 atom stereocenters. The van der Waals surface area contributed by atoms with E-state index in [1.54, 1.807) is 37.4 Å². The average molecular weight is 227 g/mol. The highest BCUT2D eigenvalue weighted by molar-refractivity contribution is 5.94. The lowest BCUT2D eigenvalue weighted by molar-refractivity contribution is 0.101. The summed E-state index contributed by atoms with van der Waals surface area (Å²) in [4.78, 5) is 15.2. The lowest BCUT2D eigenvalue weighted by atomic mass is 10.1. The molecule has 17 heavy (non-hydrogen) atoms. The summed E-state index contributed by atoms with van der Waals surface area (Å²) in [6, 6.07) is 10.8. The summed E-state index contributed by atoms with van der Waals surface area (Å²) < 4.78 is 5.59. The molecule has 0 fully saturated rings. The number of nitrogens with zero attached hydrogens (tertiary/aromatic N) is 1. The van der Waals surface area contributed by atoms with Crippen molar-refractivity contribution in [2.45, 2.75) is 13.8 Å². The summed E-state index contributed by atoms with van der Waals surface area (Å²) in [5.41, 5.74) is 1.63. The van der Waals surface area contributed by atoms with Gasteiger partial charge < -0.3 is 4.74 Å². The van der Waals surface area contributed by atoms with E-state index >= 15 is 0 Å². The van der Waals surface area contributed by atoms with Crippen LogP contribution in [0.5, 0.6) is 11.5 Å². The van der Waals surface area contributed by atoms with Gasteiger partial charge in [0.2, 0.25) is 0 Å². The van der Waals surface area contributed by atoms with E-state index in [1.165, 1.54) is 0 Å². The number of ether oxygens (including phenoxy) is 1. The molecule has 0 aliphatic heterocycles. The lowest BCUT2D eigenvalue weighted by Gasteiger charge is -2.05. The van der Waals surface area contributed by atoms with Crippen LogP contribution in [0.25, 0.3) is 0 Å². The van der Waals surface area contributed by atoms with Crippen molar-refractivity contribution < 1.29 is 9.53 Å². The second kappa shape index (κ2) is 4.78. The van der Waals surface area contributed by atoms with Gasteiger partial charge in [-0.25, -0.2) is 0 Å². The van der Waals surface area contributed by atoms with Crippen LogP contribution in [-0.2, 0) is 0 Å². The number of ketones is 1. The van der Waals surface area contributed by atoms with Crippen LogP contribution in [0.15, 0.2) is 42.6 Å². The molecule has 1 heterocycles. The van der Waals surface area contributed by atoms with Gasteiger partial charge in [-0.15, -0.1) is 0 Å². The highest BCUT2D eigenvalue weighted by atomic mass is 16.5. The largest absolute Gasteiger partial charge is 0.456 e. The molecule has 0 saturated heterocycles. The first-order valence-electron chi connectivity index (χ1n) is 5.36. The van der Waals surface area contributed by atoms with Gasteiger partial charge in [-0.3, -0.25) is 9.78 Å². The van der Waals surface area contributed by atoms with Gasteiger partial charge in [0.15, 0.2) is 5.78 Å². The zero-order valence-electron chi connectivity index (χ0n) is 9.81. The summed E-state index contributed by atoms with van der Waals surface area (Å²) >= 11 is 0. The molecular formula is C14H13NO2. The van der Waals surface area contributed by atoms with Crippen LogP contribution in [0.1, 0.15) is 23.0 Å². The first-order valence-corrected chi connectivity index (χ1v) is 5.36. The Morgan fingerprint density at radius 2 is 1.71 bits per heavy atom. The van der Waals surface area contributed by atoms with Crippen LogP contribution >= 0.6 is 0 Å². The smallest absolute Gasteiger partial charge is 0.159 e. The molecule has 0 spiro atoms. The van der Waals surface area contributed by atoms with Crippen LogP contribution in [-0.4, -0.2) is 10.8 Å². The fourth-order valence-electron chi connectivity index (χ4n) is 1.41. The van der Waals surface area contributed by atoms with Crippen molar-refractivity contribution in [2.75, 3.05) is 0 Å². The molecule has 86 valence electrons. The maximum atomic E-state index is 11.1. The number of rotatable bonds is 3. The minimum atomic E-state index is 0.0496. The Kier molecular flexibility index (Phi) is 3.19. The molecule has 0 radical (unpaired) electrons. The number of carbonyl (C=O) groups excluding carboxylic acids is 1. The fraction of sp³-hybridized carbons (Fsp3) is 0.143. The van der Waals surface area contributed by atoms with E-state index in [9.17, 15) is 4.79 Å². The van der Waals surface area contributed by atoms with Gasteiger partial charge >= 0.3 is 0 Å².